The molecule has 70 heteroatoms. The molecule has 15 rings (SSSR count). The van der Waals surface area contributed by atoms with Gasteiger partial charge < -0.3 is 26.6 Å². The number of anilines is 5. The summed E-state index contributed by atoms with van der Waals surface area (Å²) in [4.78, 5) is 20.9. The second kappa shape index (κ2) is 54.6. The Balaban J connectivity index is 0.000000178. The Morgan fingerprint density at radius 3 is 0.793 bits per heavy atom. The molecule has 5 aromatic heterocycles. The fourth-order valence-electron chi connectivity index (χ4n) is 14.5. The summed E-state index contributed by atoms with van der Waals surface area (Å²) < 4.78 is 231. The molecule has 0 aliphatic carbocycles. The number of benzene rings is 5. The van der Waals surface area contributed by atoms with Crippen molar-refractivity contribution in [3.8, 4) is 0 Å². The van der Waals surface area contributed by atoms with Gasteiger partial charge in [-0.25, -0.2) is 75.2 Å². The molecule has 0 spiro atoms. The number of aromatic nitrogens is 10. The third kappa shape index (κ3) is 33.3. The Labute approximate surface area is 893 Å². The van der Waals surface area contributed by atoms with E-state index in [1.807, 2.05) is 27.4 Å². The van der Waals surface area contributed by atoms with Gasteiger partial charge in [-0.05, 0) is 296 Å². The Bertz CT molecular complexity index is 6710. The number of nitrogens with two attached hydrogens (primary N) is 1. The van der Waals surface area contributed by atoms with Crippen molar-refractivity contribution in [3.05, 3.63) is 171 Å². The van der Waals surface area contributed by atoms with Gasteiger partial charge in [-0.3, -0.25) is 61.8 Å². The molecule has 5 fully saturated rings. The van der Waals surface area contributed by atoms with E-state index < -0.39 is 92.5 Å². The summed E-state index contributed by atoms with van der Waals surface area (Å²) in [6.45, 7) is 12.1. The van der Waals surface area contributed by atoms with Gasteiger partial charge in [0.05, 0.1) is 63.6 Å². The summed E-state index contributed by atoms with van der Waals surface area (Å²) in [6, 6.07) is 20.1. The molecule has 150 heavy (non-hydrogen) atoms. The number of rotatable bonds is 36. The van der Waals surface area contributed by atoms with Gasteiger partial charge in [-0.15, -0.1) is 0 Å². The zero-order valence-electron chi connectivity index (χ0n) is 80.3. The number of hydrogen-bond acceptors (Lipinski definition) is 42. The van der Waals surface area contributed by atoms with Gasteiger partial charge in [0.15, 0.2) is 57.6 Å². The number of nitrogens with zero attached hydrogens (tertiary/aromatic N) is 22. The minimum Gasteiger partial charge on any atom is -0.365 e. The molecule has 0 saturated carbocycles. The van der Waals surface area contributed by atoms with Crippen molar-refractivity contribution >= 4 is 213 Å². The van der Waals surface area contributed by atoms with Crippen LogP contribution in [0, 0.1) is 58.7 Å². The SMILES string of the molecule is CC(C)OS(=O)(=O)N1CC[C@@H](CNc2nonc2C(=Nc2ccc(F)c(Br)c2)NO)C1.CC(C)OS(=O)(=O)N1CC[C@H](CNc2nonc2C(=Nc2ccc(F)c(Br)c2)NO)C1.CN(C)S(=O)(=O)N1CC[C@@H](CNc2nonc2C(=Nc2ccc(F)c(Br)c2)NO)C1.CN(C)S(=O)(=O)N1CC[C@H](CNc2nonc2C(=Nc2ccc(F)c(Br)c2)NO)C1.NS(=O)(=O)N1CC[C@@H](CNc2nonc2C(=Nc2ccc(F)c(Cl)c2)NO)C1. The van der Waals surface area contributed by atoms with E-state index in [0.717, 1.165) is 6.07 Å². The molecular weight excluding hydrogens is 2390 g/mol. The van der Waals surface area contributed by atoms with Gasteiger partial charge in [0.2, 0.25) is 29.1 Å². The number of amidine groups is 5. The summed E-state index contributed by atoms with van der Waals surface area (Å²) in [5, 5.41) is 105. The van der Waals surface area contributed by atoms with E-state index in [-0.39, 0.29) is 151 Å². The number of nitrogens with one attached hydrogen (secondary N) is 10. The van der Waals surface area contributed by atoms with Crippen LogP contribution < -0.4 is 59.1 Å². The molecule has 0 amide bonds. The third-order valence-corrected chi connectivity index (χ3v) is 32.8. The predicted octanol–water partition coefficient (Wildman–Crippen LogP) is 8.86. The molecule has 5 aliphatic heterocycles. The third-order valence-electron chi connectivity index (χ3n) is 22.0. The number of halogens is 10. The van der Waals surface area contributed by atoms with E-state index in [9.17, 15) is 90.1 Å². The first kappa shape index (κ1) is 119. The van der Waals surface area contributed by atoms with Crippen molar-refractivity contribution in [2.45, 2.75) is 72.0 Å². The molecule has 5 atom stereocenters. The molecule has 10 heterocycles. The van der Waals surface area contributed by atoms with Crippen LogP contribution in [0.2, 0.25) is 5.02 Å². The zero-order valence-corrected chi connectivity index (χ0v) is 91.4. The van der Waals surface area contributed by atoms with Crippen LogP contribution >= 0.6 is 75.3 Å². The van der Waals surface area contributed by atoms with Gasteiger partial charge >= 0.3 is 20.6 Å². The van der Waals surface area contributed by atoms with Crippen molar-refractivity contribution in [3.63, 3.8) is 0 Å². The summed E-state index contributed by atoms with van der Waals surface area (Å²) in [5.74, 6) is -1.56. The molecule has 10 aromatic rings. The minimum absolute atomic E-state index is 0.00116. The van der Waals surface area contributed by atoms with Gasteiger partial charge in [0.25, 0.3) is 30.6 Å². The lowest BCUT2D eigenvalue weighted by atomic mass is 10.1. The van der Waals surface area contributed by atoms with Crippen molar-refractivity contribution in [1.82, 2.24) is 109 Å². The van der Waals surface area contributed by atoms with E-state index in [2.05, 4.69) is 167 Å². The Kier molecular flexibility index (Phi) is 43.5. The lowest BCUT2D eigenvalue weighted by molar-refractivity contribution is 0.220. The molecule has 5 aromatic carbocycles. The Morgan fingerprint density at radius 1 is 0.373 bits per heavy atom. The number of hydroxylamine groups is 5. The summed E-state index contributed by atoms with van der Waals surface area (Å²) in [6.07, 6.45) is 2.39. The van der Waals surface area contributed by atoms with Crippen LogP contribution in [-0.2, 0) is 59.6 Å². The fourth-order valence-corrected chi connectivity index (χ4v) is 22.0. The van der Waals surface area contributed by atoms with Crippen LogP contribution in [-0.4, -0.2) is 318 Å². The lowest BCUT2D eigenvalue weighted by Gasteiger charge is -2.20. The lowest BCUT2D eigenvalue weighted by Crippen LogP contribution is -2.38. The molecule has 55 nitrogen and oxygen atoms in total. The highest BCUT2D eigenvalue weighted by Crippen LogP contribution is 2.34. The van der Waals surface area contributed by atoms with Gasteiger partial charge in [0.1, 0.15) is 29.1 Å². The molecule has 17 N–H and O–H groups in total. The quantitative estimate of drug-likeness (QED) is 0.00754. The molecule has 0 bridgehead atoms. The van der Waals surface area contributed by atoms with Crippen LogP contribution in [0.3, 0.4) is 0 Å². The molecule has 0 radical (unpaired) electrons. The van der Waals surface area contributed by atoms with Crippen LogP contribution in [0.1, 0.15) is 88.3 Å². The first-order chi connectivity index (χ1) is 71.1. The Hall–Kier alpha value is -10.8. The molecule has 5 aliphatic rings. The highest BCUT2D eigenvalue weighted by Gasteiger charge is 2.39. The fraction of sp³-hybridized carbons (Fsp3) is 0.438. The largest absolute Gasteiger partial charge is 0.365 e. The highest BCUT2D eigenvalue weighted by molar-refractivity contribution is 9.11. The van der Waals surface area contributed by atoms with Crippen molar-refractivity contribution in [2.24, 2.45) is 59.7 Å². The highest BCUT2D eigenvalue weighted by atomic mass is 79.9. The summed E-state index contributed by atoms with van der Waals surface area (Å²) in [5.41, 5.74) is 11.8. The van der Waals surface area contributed by atoms with Crippen LogP contribution in [0.5, 0.6) is 0 Å². The van der Waals surface area contributed by atoms with E-state index in [4.69, 9.17) is 48.3 Å². The van der Waals surface area contributed by atoms with Crippen molar-refractivity contribution in [1.29, 1.82) is 0 Å². The normalized spacial score (nSPS) is 18.2. The predicted molar refractivity (Wildman–Crippen MR) is 544 cm³/mol. The summed E-state index contributed by atoms with van der Waals surface area (Å²) in [7, 11) is -12.2. The second-order valence-electron chi connectivity index (χ2n) is 34.0. The molecule has 820 valence electrons. The topological polar surface area (TPSA) is 716 Å². The smallest absolute Gasteiger partial charge is 0.338 e. The molecular formula is C80H103Br4ClF5N33O22S5. The standard InChI is InChI=1S/2C17H22BrFN6O5S.2C16H21BrFN7O4S.C14H17ClFN7O4S/c2*1-10(2)29-31(27,28)25-6-5-11(9-25)8-20-16-15(23-30-24-16)17(22-26)21-12-3-4-14(19)13(18)7-12;2*1-24(2)30(27,28)25-6-5-10(9-25)8-19-15-14(22-29-23-15)16(21-26)20-11-3-4-13(18)12(17)7-11;15-10-5-9(1-2-11(10)16)19-14(20-24)12-13(22-27-21-12)18-6-8-3-4-23(7-8)28(17,25)26/h2*3-4,7,10-11,26H,5-6,8-9H2,1-2H3,(H,20,24)(H,21,22);2*3-4,7,10,26H,5-6,8-9H2,1-2H3,(H,19,23)(H,20,21);1-2,5,8,24H,3-4,6-7H2,(H,18,22)(H,19,20)(H2,17,25,26)/t2*11-;2*10-;8-/m10100/s1. The number of hydrogen-bond donors (Lipinski definition) is 16. The van der Waals surface area contributed by atoms with Crippen molar-refractivity contribution in [2.75, 3.05) is 153 Å². The number of aliphatic imine (C=N–C) groups is 5. The Morgan fingerprint density at radius 2 is 0.587 bits per heavy atom. The molecule has 0 unspecified atom stereocenters. The monoisotopic (exact) mass is 2480 g/mol. The average molecular weight is 2490 g/mol. The van der Waals surface area contributed by atoms with Crippen molar-refractivity contribution < 1.29 is 122 Å². The minimum atomic E-state index is -3.76. The van der Waals surface area contributed by atoms with Gasteiger partial charge in [-0.2, -0.15) is 72.2 Å². The van der Waals surface area contributed by atoms with Gasteiger partial charge in [0, 0.05) is 126 Å². The second-order valence-corrected chi connectivity index (χ2v) is 46.7. The zero-order chi connectivity index (χ0) is 109. The first-order valence-corrected chi connectivity index (χ1v) is 55.2. The maximum Gasteiger partial charge on any atom is 0.338 e. The van der Waals surface area contributed by atoms with E-state index in [0.29, 0.717) is 146 Å². The van der Waals surface area contributed by atoms with Crippen LogP contribution in [0.25, 0.3) is 0 Å². The van der Waals surface area contributed by atoms with E-state index in [1.54, 1.807) is 27.7 Å². The summed E-state index contributed by atoms with van der Waals surface area (Å²) >= 11 is 18.0. The first-order valence-electron chi connectivity index (χ1n) is 44.6. The van der Waals surface area contributed by atoms with E-state index in [1.165, 1.54) is 143 Å². The average Bonchev–Trinajstić information content (AvgIpc) is 1.68. The maximum atomic E-state index is 13.4. The maximum absolute atomic E-state index is 13.4. The van der Waals surface area contributed by atoms with Gasteiger partial charge in [-0.1, -0.05) is 11.6 Å². The molecule has 5 saturated heterocycles. The van der Waals surface area contributed by atoms with E-state index >= 15 is 0 Å². The van der Waals surface area contributed by atoms with Crippen LogP contribution in [0.4, 0.5) is 79.5 Å². The van der Waals surface area contributed by atoms with Crippen LogP contribution in [0.15, 0.2) is 157 Å².